The van der Waals surface area contributed by atoms with E-state index in [1.165, 1.54) is 18.5 Å². The van der Waals surface area contributed by atoms with Gasteiger partial charge in [0.15, 0.2) is 0 Å². The van der Waals surface area contributed by atoms with Crippen LogP contribution in [-0.2, 0) is 19.1 Å². The van der Waals surface area contributed by atoms with Gasteiger partial charge >= 0.3 is 0 Å². The topological polar surface area (TPSA) is 132 Å². The lowest BCUT2D eigenvalue weighted by atomic mass is 10.4. The van der Waals surface area contributed by atoms with Crippen molar-refractivity contribution in [2.75, 3.05) is 23.0 Å². The molecular weight excluding hydrogens is 606 g/mol. The molecule has 0 atom stereocenters. The summed E-state index contributed by atoms with van der Waals surface area (Å²) >= 11 is 17.5. The highest BCUT2D eigenvalue weighted by Crippen LogP contribution is 2.23. The molecule has 0 spiro atoms. The first kappa shape index (κ1) is 29.8. The molecule has 0 aliphatic rings. The molecule has 0 saturated heterocycles. The van der Waals surface area contributed by atoms with Gasteiger partial charge < -0.3 is 5.73 Å². The highest BCUT2D eigenvalue weighted by molar-refractivity contribution is 9.10. The van der Waals surface area contributed by atoms with Gasteiger partial charge in [0.2, 0.25) is 19.1 Å². The maximum atomic E-state index is 10.8. The summed E-state index contributed by atoms with van der Waals surface area (Å²) in [5, 5.41) is 0.725. The number of halogens is 5. The summed E-state index contributed by atoms with van der Waals surface area (Å²) in [4.78, 5) is 7.53. The van der Waals surface area contributed by atoms with Crippen molar-refractivity contribution in [2.24, 2.45) is 0 Å². The molecule has 0 aliphatic carbocycles. The summed E-state index contributed by atoms with van der Waals surface area (Å²) in [6.07, 6.45) is 4.84. The van der Waals surface area contributed by atoms with E-state index in [0.29, 0.717) is 26.2 Å². The van der Waals surface area contributed by atoms with Gasteiger partial charge in [0.05, 0.1) is 45.2 Å². The second kappa shape index (κ2) is 13.0. The van der Waals surface area contributed by atoms with Crippen LogP contribution in [0.3, 0.4) is 0 Å². The SMILES string of the molecule is C.CS(=O)(=O)Cl.CS(=O)(=O)Nc1cnc(Cl)c(Br)c1.Nc1cnc(Cl)c(Br)c1. The molecular formula is C13H17Br2Cl3N4O4S2. The van der Waals surface area contributed by atoms with Gasteiger partial charge in [0.25, 0.3) is 0 Å². The Hall–Kier alpha value is -0.370. The third-order valence-electron chi connectivity index (χ3n) is 1.92. The van der Waals surface area contributed by atoms with Crippen molar-refractivity contribution >= 4 is 96.2 Å². The lowest BCUT2D eigenvalue weighted by Crippen LogP contribution is -2.09. The Morgan fingerprint density at radius 3 is 1.68 bits per heavy atom. The molecule has 2 heterocycles. The Labute approximate surface area is 195 Å². The first-order valence-corrected chi connectivity index (χ1v) is 13.3. The summed E-state index contributed by atoms with van der Waals surface area (Å²) in [5.74, 6) is 0. The van der Waals surface area contributed by atoms with Gasteiger partial charge in [-0.15, -0.1) is 0 Å². The van der Waals surface area contributed by atoms with Crippen molar-refractivity contribution in [1.29, 1.82) is 0 Å². The van der Waals surface area contributed by atoms with Crippen LogP contribution in [0.4, 0.5) is 11.4 Å². The molecule has 28 heavy (non-hydrogen) atoms. The number of nitrogens with one attached hydrogen (secondary N) is 1. The van der Waals surface area contributed by atoms with Gasteiger partial charge in [0, 0.05) is 10.7 Å². The van der Waals surface area contributed by atoms with E-state index in [0.717, 1.165) is 17.0 Å². The Bertz CT molecular complexity index is 985. The van der Waals surface area contributed by atoms with Crippen LogP contribution in [0.1, 0.15) is 7.43 Å². The van der Waals surface area contributed by atoms with E-state index in [4.69, 9.17) is 28.9 Å². The molecule has 8 nitrogen and oxygen atoms in total. The number of rotatable bonds is 2. The van der Waals surface area contributed by atoms with Crippen molar-refractivity contribution in [1.82, 2.24) is 9.97 Å². The number of sulfonamides is 1. The summed E-state index contributed by atoms with van der Waals surface area (Å²) in [6.45, 7) is 0. The van der Waals surface area contributed by atoms with Crippen LogP contribution >= 0.6 is 65.7 Å². The fraction of sp³-hybridized carbons (Fsp3) is 0.231. The second-order valence-electron chi connectivity index (χ2n) is 4.59. The van der Waals surface area contributed by atoms with Crippen molar-refractivity contribution < 1.29 is 16.8 Å². The number of nitrogen functional groups attached to an aromatic ring is 1. The molecule has 0 unspecified atom stereocenters. The standard InChI is InChI=1S/C6H6BrClN2O2S.C5H4BrClN2.CH3ClO2S.CH4/c1-13(11,12)10-4-2-5(7)6(8)9-3-4;6-4-1-3(8)2-9-5(4)7;1-5(2,3)4;/h2-3,10H,1H3;1-2H,8H2;1H3;1H4. The van der Waals surface area contributed by atoms with E-state index in [-0.39, 0.29) is 7.43 Å². The maximum Gasteiger partial charge on any atom is 0.229 e. The van der Waals surface area contributed by atoms with Gasteiger partial charge in [-0.05, 0) is 44.0 Å². The monoisotopic (exact) mass is 620 g/mol. The minimum absolute atomic E-state index is 0. The molecule has 3 N–H and O–H groups in total. The van der Waals surface area contributed by atoms with Crippen LogP contribution in [0, 0.1) is 0 Å². The van der Waals surface area contributed by atoms with E-state index in [1.54, 1.807) is 6.07 Å². The first-order valence-electron chi connectivity index (χ1n) is 6.33. The van der Waals surface area contributed by atoms with Crippen molar-refractivity contribution in [3.8, 4) is 0 Å². The maximum absolute atomic E-state index is 10.8. The fourth-order valence-corrected chi connectivity index (χ4v) is 2.59. The lowest BCUT2D eigenvalue weighted by molar-refractivity contribution is 0.606. The summed E-state index contributed by atoms with van der Waals surface area (Å²) < 4.78 is 44.0. The average Bonchev–Trinajstić information content (AvgIpc) is 2.45. The van der Waals surface area contributed by atoms with E-state index < -0.39 is 19.1 Å². The zero-order valence-corrected chi connectivity index (χ0v) is 20.7. The molecule has 160 valence electrons. The lowest BCUT2D eigenvalue weighted by Gasteiger charge is -2.03. The fourth-order valence-electron chi connectivity index (χ4n) is 1.13. The second-order valence-corrected chi connectivity index (χ2v) is 11.8. The highest BCUT2D eigenvalue weighted by Gasteiger charge is 2.04. The molecule has 0 aromatic carbocycles. The molecule has 0 saturated carbocycles. The Kier molecular flexibility index (Phi) is 13.9. The van der Waals surface area contributed by atoms with E-state index >= 15 is 0 Å². The quantitative estimate of drug-likeness (QED) is 0.364. The number of pyridine rings is 2. The molecule has 0 fully saturated rings. The molecule has 2 aromatic heterocycles. The Balaban J connectivity index is 0. The van der Waals surface area contributed by atoms with Gasteiger partial charge in [-0.1, -0.05) is 30.6 Å². The first-order chi connectivity index (χ1) is 12.1. The molecule has 0 aliphatic heterocycles. The van der Waals surface area contributed by atoms with Crippen LogP contribution in [-0.4, -0.2) is 39.3 Å². The van der Waals surface area contributed by atoms with Crippen LogP contribution in [0.25, 0.3) is 0 Å². The van der Waals surface area contributed by atoms with Crippen LogP contribution in [0.5, 0.6) is 0 Å². The van der Waals surface area contributed by atoms with Gasteiger partial charge in [-0.3, -0.25) is 4.72 Å². The minimum atomic E-state index is -3.26. The van der Waals surface area contributed by atoms with Crippen molar-refractivity contribution in [3.05, 3.63) is 43.8 Å². The van der Waals surface area contributed by atoms with E-state index in [9.17, 15) is 16.8 Å². The van der Waals surface area contributed by atoms with Gasteiger partial charge in [-0.2, -0.15) is 0 Å². The number of hydrogen-bond donors (Lipinski definition) is 2. The van der Waals surface area contributed by atoms with Crippen LogP contribution < -0.4 is 10.5 Å². The number of aromatic nitrogens is 2. The Morgan fingerprint density at radius 2 is 1.36 bits per heavy atom. The predicted octanol–water partition coefficient (Wildman–Crippen LogP) is 4.77. The average molecular weight is 624 g/mol. The third-order valence-corrected chi connectivity index (χ3v) is 4.79. The normalized spacial score (nSPS) is 10.4. The Morgan fingerprint density at radius 1 is 0.964 bits per heavy atom. The van der Waals surface area contributed by atoms with E-state index in [1.807, 2.05) is 0 Å². The number of nitrogens with two attached hydrogens (primary N) is 1. The third kappa shape index (κ3) is 16.6. The summed E-state index contributed by atoms with van der Waals surface area (Å²) in [6, 6.07) is 3.24. The minimum Gasteiger partial charge on any atom is -0.397 e. The summed E-state index contributed by atoms with van der Waals surface area (Å²) in [7, 11) is -1.95. The van der Waals surface area contributed by atoms with Crippen molar-refractivity contribution in [2.45, 2.75) is 7.43 Å². The molecule has 0 bridgehead atoms. The van der Waals surface area contributed by atoms with Gasteiger partial charge in [-0.25, -0.2) is 26.8 Å². The van der Waals surface area contributed by atoms with Crippen molar-refractivity contribution in [3.63, 3.8) is 0 Å². The summed E-state index contributed by atoms with van der Waals surface area (Å²) in [5.41, 5.74) is 6.35. The number of anilines is 2. The molecule has 0 amide bonds. The number of nitrogens with zero attached hydrogens (tertiary/aromatic N) is 2. The molecule has 15 heteroatoms. The molecule has 0 radical (unpaired) electrons. The molecule has 2 aromatic rings. The van der Waals surface area contributed by atoms with Gasteiger partial charge in [0.1, 0.15) is 10.3 Å². The smallest absolute Gasteiger partial charge is 0.229 e. The van der Waals surface area contributed by atoms with Crippen LogP contribution in [0.15, 0.2) is 33.5 Å². The predicted molar refractivity (Wildman–Crippen MR) is 124 cm³/mol. The zero-order valence-electron chi connectivity index (χ0n) is 13.6. The zero-order chi connectivity index (χ0) is 21.4. The molecule has 2 rings (SSSR count). The number of hydrogen-bond acceptors (Lipinski definition) is 7. The van der Waals surface area contributed by atoms with Crippen LogP contribution in [0.2, 0.25) is 10.3 Å². The largest absolute Gasteiger partial charge is 0.397 e. The highest BCUT2D eigenvalue weighted by atomic mass is 79.9. The van der Waals surface area contributed by atoms with E-state index in [2.05, 4.69) is 57.2 Å².